The average Bonchev–Trinajstić information content (AvgIpc) is 2.64. The third-order valence-electron chi connectivity index (χ3n) is 4.14. The number of halogens is 2. The molecule has 0 saturated carbocycles. The van der Waals surface area contributed by atoms with Crippen LogP contribution in [0.4, 0.5) is 4.39 Å². The van der Waals surface area contributed by atoms with Gasteiger partial charge in [0.2, 0.25) is 5.88 Å². The Kier molecular flexibility index (Phi) is 4.28. The van der Waals surface area contributed by atoms with E-state index in [-0.39, 0.29) is 11.9 Å². The number of pyridine rings is 1. The first-order valence-electron chi connectivity index (χ1n) is 8.02. The Morgan fingerprint density at radius 1 is 1.08 bits per heavy atom. The summed E-state index contributed by atoms with van der Waals surface area (Å²) in [6.07, 6.45) is 3.19. The second-order valence-corrected chi connectivity index (χ2v) is 6.32. The maximum Gasteiger partial charge on any atom is 0.219 e. The summed E-state index contributed by atoms with van der Waals surface area (Å²) >= 11 is 5.83. The molecule has 1 aliphatic heterocycles. The lowest BCUT2D eigenvalue weighted by atomic mass is 9.97. The predicted molar refractivity (Wildman–Crippen MR) is 93.9 cm³/mol. The molecule has 0 fully saturated rings. The standard InChI is InChI=1S/C20H15ClFNO2/c21-15-4-10-20(23-12-15)24-17-7-9-19-14(11-17)3-8-18(25-19)13-1-5-16(22)6-2-13/h1-2,4-7,9-12,18H,3,8H2. The number of fused-ring (bicyclic) bond motifs is 1. The summed E-state index contributed by atoms with van der Waals surface area (Å²) in [6.45, 7) is 0. The van der Waals surface area contributed by atoms with Crippen LogP contribution in [0.2, 0.25) is 5.02 Å². The zero-order chi connectivity index (χ0) is 17.2. The first kappa shape index (κ1) is 15.9. The second kappa shape index (κ2) is 6.73. The summed E-state index contributed by atoms with van der Waals surface area (Å²) in [4.78, 5) is 4.13. The zero-order valence-electron chi connectivity index (χ0n) is 13.3. The van der Waals surface area contributed by atoms with Gasteiger partial charge < -0.3 is 9.47 Å². The Balaban J connectivity index is 1.50. The summed E-state index contributed by atoms with van der Waals surface area (Å²) in [7, 11) is 0. The van der Waals surface area contributed by atoms with Gasteiger partial charge in [0, 0.05) is 12.3 Å². The molecule has 3 nitrogen and oxygen atoms in total. The number of benzene rings is 2. The quantitative estimate of drug-likeness (QED) is 0.601. The molecule has 0 bridgehead atoms. The fourth-order valence-corrected chi connectivity index (χ4v) is 3.00. The Morgan fingerprint density at radius 3 is 2.68 bits per heavy atom. The first-order chi connectivity index (χ1) is 12.2. The van der Waals surface area contributed by atoms with Crippen LogP contribution < -0.4 is 9.47 Å². The van der Waals surface area contributed by atoms with Crippen molar-refractivity contribution in [1.29, 1.82) is 0 Å². The molecular weight excluding hydrogens is 341 g/mol. The Labute approximate surface area is 150 Å². The van der Waals surface area contributed by atoms with Gasteiger partial charge in [-0.2, -0.15) is 0 Å². The molecule has 5 heteroatoms. The highest BCUT2D eigenvalue weighted by atomic mass is 35.5. The fraction of sp³-hybridized carbons (Fsp3) is 0.150. The van der Waals surface area contributed by atoms with Crippen molar-refractivity contribution in [2.24, 2.45) is 0 Å². The minimum Gasteiger partial charge on any atom is -0.485 e. The van der Waals surface area contributed by atoms with Gasteiger partial charge in [-0.3, -0.25) is 0 Å². The summed E-state index contributed by atoms with van der Waals surface area (Å²) in [5.74, 6) is 1.79. The van der Waals surface area contributed by atoms with E-state index in [9.17, 15) is 4.39 Å². The molecule has 25 heavy (non-hydrogen) atoms. The van der Waals surface area contributed by atoms with Crippen LogP contribution in [0.25, 0.3) is 0 Å². The van der Waals surface area contributed by atoms with E-state index < -0.39 is 0 Å². The Hall–Kier alpha value is -2.59. The van der Waals surface area contributed by atoms with Crippen LogP contribution in [0.3, 0.4) is 0 Å². The van der Waals surface area contributed by atoms with Gasteiger partial charge in [-0.1, -0.05) is 23.7 Å². The molecule has 4 rings (SSSR count). The lowest BCUT2D eigenvalue weighted by Gasteiger charge is -2.26. The third-order valence-corrected chi connectivity index (χ3v) is 4.37. The molecule has 0 N–H and O–H groups in total. The van der Waals surface area contributed by atoms with E-state index >= 15 is 0 Å². The van der Waals surface area contributed by atoms with E-state index in [0.29, 0.717) is 16.7 Å². The molecule has 126 valence electrons. The van der Waals surface area contributed by atoms with Gasteiger partial charge in [-0.25, -0.2) is 9.37 Å². The van der Waals surface area contributed by atoms with Gasteiger partial charge in [-0.05, 0) is 60.4 Å². The molecule has 0 amide bonds. The van der Waals surface area contributed by atoms with Gasteiger partial charge in [0.15, 0.2) is 0 Å². The molecule has 1 atom stereocenters. The number of rotatable bonds is 3. The largest absolute Gasteiger partial charge is 0.485 e. The molecule has 2 aromatic carbocycles. The molecule has 0 aliphatic carbocycles. The maximum atomic E-state index is 13.1. The van der Waals surface area contributed by atoms with E-state index in [4.69, 9.17) is 21.1 Å². The van der Waals surface area contributed by atoms with Gasteiger partial charge in [0.1, 0.15) is 23.4 Å². The van der Waals surface area contributed by atoms with Crippen molar-refractivity contribution in [3.63, 3.8) is 0 Å². The maximum absolute atomic E-state index is 13.1. The summed E-state index contributed by atoms with van der Waals surface area (Å²) in [5.41, 5.74) is 2.07. The highest BCUT2D eigenvalue weighted by Gasteiger charge is 2.22. The molecule has 3 aromatic rings. The van der Waals surface area contributed by atoms with Gasteiger partial charge in [0.25, 0.3) is 0 Å². The summed E-state index contributed by atoms with van der Waals surface area (Å²) in [5, 5.41) is 0.568. The molecule has 1 unspecified atom stereocenters. The summed E-state index contributed by atoms with van der Waals surface area (Å²) in [6, 6.07) is 15.6. The van der Waals surface area contributed by atoms with Crippen molar-refractivity contribution < 1.29 is 13.9 Å². The van der Waals surface area contributed by atoms with Crippen LogP contribution in [-0.2, 0) is 6.42 Å². The highest BCUT2D eigenvalue weighted by molar-refractivity contribution is 6.30. The van der Waals surface area contributed by atoms with Crippen molar-refractivity contribution in [3.8, 4) is 17.4 Å². The van der Waals surface area contributed by atoms with Crippen molar-refractivity contribution in [3.05, 3.63) is 82.8 Å². The minimum absolute atomic E-state index is 0.0576. The number of aromatic nitrogens is 1. The molecule has 0 spiro atoms. The number of nitrogens with zero attached hydrogens (tertiary/aromatic N) is 1. The van der Waals surface area contributed by atoms with Crippen LogP contribution in [0.15, 0.2) is 60.8 Å². The normalized spacial score (nSPS) is 16.0. The van der Waals surface area contributed by atoms with Crippen LogP contribution in [0.1, 0.15) is 23.7 Å². The Morgan fingerprint density at radius 2 is 1.92 bits per heavy atom. The lowest BCUT2D eigenvalue weighted by molar-refractivity contribution is 0.176. The van der Waals surface area contributed by atoms with Crippen molar-refractivity contribution in [2.75, 3.05) is 0 Å². The number of aryl methyl sites for hydroxylation is 1. The second-order valence-electron chi connectivity index (χ2n) is 5.88. The molecule has 1 aromatic heterocycles. The van der Waals surface area contributed by atoms with Crippen molar-refractivity contribution >= 4 is 11.6 Å². The van der Waals surface area contributed by atoms with Crippen LogP contribution in [0, 0.1) is 5.82 Å². The van der Waals surface area contributed by atoms with Crippen LogP contribution in [0.5, 0.6) is 17.4 Å². The first-order valence-corrected chi connectivity index (χ1v) is 8.40. The van der Waals surface area contributed by atoms with Gasteiger partial charge in [-0.15, -0.1) is 0 Å². The van der Waals surface area contributed by atoms with Gasteiger partial charge in [0.05, 0.1) is 5.02 Å². The van der Waals surface area contributed by atoms with Crippen molar-refractivity contribution in [2.45, 2.75) is 18.9 Å². The number of hydrogen-bond acceptors (Lipinski definition) is 3. The molecule has 0 saturated heterocycles. The van der Waals surface area contributed by atoms with Crippen LogP contribution in [-0.4, -0.2) is 4.98 Å². The topological polar surface area (TPSA) is 31.4 Å². The zero-order valence-corrected chi connectivity index (χ0v) is 14.0. The van der Waals surface area contributed by atoms with E-state index in [1.807, 2.05) is 18.2 Å². The number of ether oxygens (including phenoxy) is 2. The smallest absolute Gasteiger partial charge is 0.219 e. The lowest BCUT2D eigenvalue weighted by Crippen LogP contribution is -2.15. The number of hydrogen-bond donors (Lipinski definition) is 0. The molecule has 0 radical (unpaired) electrons. The fourth-order valence-electron chi connectivity index (χ4n) is 2.88. The van der Waals surface area contributed by atoms with E-state index in [1.165, 1.54) is 12.1 Å². The monoisotopic (exact) mass is 355 g/mol. The van der Waals surface area contributed by atoms with E-state index in [2.05, 4.69) is 4.98 Å². The minimum atomic E-state index is -0.238. The third kappa shape index (κ3) is 3.59. The van der Waals surface area contributed by atoms with Gasteiger partial charge >= 0.3 is 0 Å². The van der Waals surface area contributed by atoms with E-state index in [0.717, 1.165) is 29.7 Å². The molecular formula is C20H15ClFNO2. The Bertz CT molecular complexity index is 881. The summed E-state index contributed by atoms with van der Waals surface area (Å²) < 4.78 is 24.9. The SMILES string of the molecule is Fc1ccc(C2CCc3cc(Oc4ccc(Cl)cn4)ccc3O2)cc1. The predicted octanol–water partition coefficient (Wildman–Crippen LogP) is 5.73. The highest BCUT2D eigenvalue weighted by Crippen LogP contribution is 2.37. The molecule has 1 aliphatic rings. The average molecular weight is 356 g/mol. The molecule has 2 heterocycles. The van der Waals surface area contributed by atoms with Crippen LogP contribution >= 0.6 is 11.6 Å². The van der Waals surface area contributed by atoms with E-state index in [1.54, 1.807) is 30.5 Å². The van der Waals surface area contributed by atoms with Crippen molar-refractivity contribution in [1.82, 2.24) is 4.98 Å².